The number of carbonyl (C=O) groups is 2. The molecule has 0 aromatic heterocycles. The van der Waals surface area contributed by atoms with Crippen LogP contribution >= 0.6 is 11.6 Å². The van der Waals surface area contributed by atoms with E-state index < -0.39 is 11.9 Å². The third kappa shape index (κ3) is 6.02. The summed E-state index contributed by atoms with van der Waals surface area (Å²) in [7, 11) is 4.40. The van der Waals surface area contributed by atoms with E-state index in [1.807, 2.05) is 30.3 Å². The Bertz CT molecular complexity index is 1190. The van der Waals surface area contributed by atoms with Gasteiger partial charge in [0.15, 0.2) is 11.5 Å². The fraction of sp³-hybridized carbons (Fsp3) is 0.200. The number of halogens is 1. The fourth-order valence-electron chi connectivity index (χ4n) is 3.66. The molecule has 3 aromatic carbocycles. The Morgan fingerprint density at radius 2 is 1.66 bits per heavy atom. The second-order valence-electron chi connectivity index (χ2n) is 7.36. The molecule has 0 radical (unpaired) electrons. The van der Waals surface area contributed by atoms with Gasteiger partial charge in [-0.15, -0.1) is 0 Å². The molecule has 0 aliphatic rings. The Balaban J connectivity index is 2.03. The zero-order valence-corrected chi connectivity index (χ0v) is 20.3. The van der Waals surface area contributed by atoms with Crippen LogP contribution in [-0.2, 0) is 4.79 Å². The largest absolute Gasteiger partial charge is 0.493 e. The molecule has 0 aliphatic carbocycles. The van der Waals surface area contributed by atoms with Crippen LogP contribution in [0.4, 0.5) is 5.69 Å². The molecule has 0 spiro atoms. The first-order valence-corrected chi connectivity index (χ1v) is 11.0. The highest BCUT2D eigenvalue weighted by molar-refractivity contribution is 6.31. The van der Waals surface area contributed by atoms with E-state index in [0.29, 0.717) is 27.8 Å². The van der Waals surface area contributed by atoms with Gasteiger partial charge in [0.25, 0.3) is 5.91 Å². The first kappa shape index (κ1) is 25.8. The third-order valence-corrected chi connectivity index (χ3v) is 5.52. The number of amides is 2. The van der Waals surface area contributed by atoms with Crippen molar-refractivity contribution in [3.63, 3.8) is 0 Å². The van der Waals surface area contributed by atoms with Gasteiger partial charge in [0.2, 0.25) is 11.7 Å². The quantitative estimate of drug-likeness (QED) is 0.192. The van der Waals surface area contributed by atoms with Crippen LogP contribution in [-0.4, -0.2) is 39.7 Å². The number of carbonyl (C=O) groups excluding carboxylic acids is 2. The molecule has 0 saturated heterocycles. The Morgan fingerprint density at radius 1 is 0.943 bits per heavy atom. The normalized spacial score (nSPS) is 11.3. The number of methoxy groups -OCH3 is 3. The highest BCUT2D eigenvalue weighted by atomic mass is 35.5. The lowest BCUT2D eigenvalue weighted by atomic mass is 9.96. The molecule has 0 heterocycles. The average Bonchev–Trinajstić information content (AvgIpc) is 2.89. The van der Waals surface area contributed by atoms with Gasteiger partial charge in [-0.3, -0.25) is 20.3 Å². The van der Waals surface area contributed by atoms with Crippen molar-refractivity contribution in [1.29, 1.82) is 0 Å². The molecular formula is C25H27ClN4O5. The number of ether oxygens (including phenoxy) is 3. The molecule has 5 N–H and O–H groups in total. The summed E-state index contributed by atoms with van der Waals surface area (Å²) < 4.78 is 16.1. The molecule has 0 saturated carbocycles. The van der Waals surface area contributed by atoms with Crippen molar-refractivity contribution in [2.24, 2.45) is 5.84 Å². The standard InChI is InChI=1S/C25H27ClN4O5/c1-33-20-12-11-18(23(34-2)24(20)35-3)25(32)29-19-13-16(26)9-10-17(19)22(28-14-21(31)30-27)15-7-5-4-6-8-15/h4-13,22,28H,14,27H2,1-3H3,(H,29,32)(H,30,31)/t22-/m0/s1. The molecule has 0 fully saturated rings. The fourth-order valence-corrected chi connectivity index (χ4v) is 3.83. The van der Waals surface area contributed by atoms with Crippen LogP contribution in [0, 0.1) is 0 Å². The summed E-state index contributed by atoms with van der Waals surface area (Å²) in [5.74, 6) is 5.36. The molecular weight excluding hydrogens is 472 g/mol. The number of benzene rings is 3. The van der Waals surface area contributed by atoms with E-state index in [1.54, 1.807) is 30.3 Å². The van der Waals surface area contributed by atoms with Gasteiger partial charge in [-0.1, -0.05) is 48.0 Å². The smallest absolute Gasteiger partial charge is 0.259 e. The average molecular weight is 499 g/mol. The molecule has 3 aromatic rings. The maximum atomic E-state index is 13.4. The lowest BCUT2D eigenvalue weighted by molar-refractivity contribution is -0.120. The molecule has 0 bridgehead atoms. The van der Waals surface area contributed by atoms with E-state index in [9.17, 15) is 9.59 Å². The van der Waals surface area contributed by atoms with Crippen molar-refractivity contribution in [3.05, 3.63) is 82.4 Å². The zero-order valence-electron chi connectivity index (χ0n) is 19.6. The van der Waals surface area contributed by atoms with Crippen LogP contribution in [0.2, 0.25) is 5.02 Å². The zero-order chi connectivity index (χ0) is 25.4. The minimum absolute atomic E-state index is 0.0461. The number of nitrogens with two attached hydrogens (primary N) is 1. The van der Waals surface area contributed by atoms with E-state index in [4.69, 9.17) is 31.7 Å². The number of hydrogen-bond donors (Lipinski definition) is 4. The molecule has 1 atom stereocenters. The Kier molecular flexibility index (Phi) is 8.91. The molecule has 2 amide bonds. The van der Waals surface area contributed by atoms with Crippen LogP contribution in [0.5, 0.6) is 17.2 Å². The Hall–Kier alpha value is -3.79. The van der Waals surface area contributed by atoms with Crippen molar-refractivity contribution in [2.45, 2.75) is 6.04 Å². The number of nitrogens with one attached hydrogen (secondary N) is 3. The second-order valence-corrected chi connectivity index (χ2v) is 7.80. The van der Waals surface area contributed by atoms with Gasteiger partial charge in [-0.05, 0) is 35.4 Å². The predicted molar refractivity (Wildman–Crippen MR) is 134 cm³/mol. The molecule has 9 nitrogen and oxygen atoms in total. The maximum absolute atomic E-state index is 13.4. The minimum atomic E-state index is -0.451. The number of anilines is 1. The summed E-state index contributed by atoms with van der Waals surface area (Å²) >= 11 is 6.28. The van der Waals surface area contributed by atoms with Crippen molar-refractivity contribution >= 4 is 29.1 Å². The summed E-state index contributed by atoms with van der Waals surface area (Å²) in [5, 5.41) is 6.53. The van der Waals surface area contributed by atoms with Gasteiger partial charge in [-0.2, -0.15) is 0 Å². The minimum Gasteiger partial charge on any atom is -0.493 e. The van der Waals surface area contributed by atoms with Gasteiger partial charge < -0.3 is 19.5 Å². The third-order valence-electron chi connectivity index (χ3n) is 5.28. The van der Waals surface area contributed by atoms with Gasteiger partial charge in [0.05, 0.1) is 39.5 Å². The number of rotatable bonds is 10. The first-order chi connectivity index (χ1) is 16.9. The Morgan fingerprint density at radius 3 is 2.29 bits per heavy atom. The maximum Gasteiger partial charge on any atom is 0.259 e. The summed E-state index contributed by atoms with van der Waals surface area (Å²) in [4.78, 5) is 25.2. The van der Waals surface area contributed by atoms with Crippen molar-refractivity contribution in [2.75, 3.05) is 33.2 Å². The number of hydrazine groups is 1. The van der Waals surface area contributed by atoms with E-state index in [1.165, 1.54) is 21.3 Å². The molecule has 3 rings (SSSR count). The predicted octanol–water partition coefficient (Wildman–Crippen LogP) is 3.29. The van der Waals surface area contributed by atoms with Crippen molar-refractivity contribution < 1.29 is 23.8 Å². The SMILES string of the molecule is COc1ccc(C(=O)Nc2cc(Cl)ccc2[C@@H](NCC(=O)NN)c2ccccc2)c(OC)c1OC. The highest BCUT2D eigenvalue weighted by Crippen LogP contribution is 2.40. The summed E-state index contributed by atoms with van der Waals surface area (Å²) in [5.41, 5.74) is 4.36. The monoisotopic (exact) mass is 498 g/mol. The van der Waals surface area contributed by atoms with E-state index in [0.717, 1.165) is 5.56 Å². The van der Waals surface area contributed by atoms with Gasteiger partial charge >= 0.3 is 0 Å². The molecule has 35 heavy (non-hydrogen) atoms. The topological polar surface area (TPSA) is 124 Å². The first-order valence-electron chi connectivity index (χ1n) is 10.6. The Labute approximate surface area is 208 Å². The van der Waals surface area contributed by atoms with Crippen molar-refractivity contribution in [3.8, 4) is 17.2 Å². The second kappa shape index (κ2) is 12.1. The molecule has 10 heteroatoms. The summed E-state index contributed by atoms with van der Waals surface area (Å²) in [6, 6.07) is 17.4. The van der Waals surface area contributed by atoms with Crippen LogP contribution < -0.4 is 36.1 Å². The van der Waals surface area contributed by atoms with E-state index in [-0.39, 0.29) is 23.8 Å². The van der Waals surface area contributed by atoms with Crippen LogP contribution in [0.3, 0.4) is 0 Å². The molecule has 0 aliphatic heterocycles. The van der Waals surface area contributed by atoms with Crippen molar-refractivity contribution in [1.82, 2.24) is 10.7 Å². The summed E-state index contributed by atoms with van der Waals surface area (Å²) in [6.45, 7) is -0.0461. The van der Waals surface area contributed by atoms with Gasteiger partial charge in [-0.25, -0.2) is 5.84 Å². The number of hydrogen-bond acceptors (Lipinski definition) is 7. The molecule has 184 valence electrons. The van der Waals surface area contributed by atoms with Crippen LogP contribution in [0.25, 0.3) is 0 Å². The lowest BCUT2D eigenvalue weighted by Gasteiger charge is -2.23. The van der Waals surface area contributed by atoms with Gasteiger partial charge in [0, 0.05) is 10.7 Å². The highest BCUT2D eigenvalue weighted by Gasteiger charge is 2.24. The summed E-state index contributed by atoms with van der Waals surface area (Å²) in [6.07, 6.45) is 0. The molecule has 0 unspecified atom stereocenters. The lowest BCUT2D eigenvalue weighted by Crippen LogP contribution is -2.39. The van der Waals surface area contributed by atoms with E-state index >= 15 is 0 Å². The van der Waals surface area contributed by atoms with Gasteiger partial charge in [0.1, 0.15) is 0 Å². The van der Waals surface area contributed by atoms with Crippen LogP contribution in [0.1, 0.15) is 27.5 Å². The van der Waals surface area contributed by atoms with E-state index in [2.05, 4.69) is 16.1 Å². The van der Waals surface area contributed by atoms with Crippen LogP contribution in [0.15, 0.2) is 60.7 Å².